The average Bonchev–Trinajstić information content (AvgIpc) is 2.75. The fourth-order valence-corrected chi connectivity index (χ4v) is 3.18. The second-order valence-corrected chi connectivity index (χ2v) is 7.17. The maximum atomic E-state index is 11.2. The Bertz CT molecular complexity index is 837. The van der Waals surface area contributed by atoms with Crippen molar-refractivity contribution in [3.8, 4) is 5.75 Å². The second-order valence-electron chi connectivity index (χ2n) is 7.17. The Morgan fingerprint density at radius 2 is 1.70 bits per heavy atom. The van der Waals surface area contributed by atoms with Gasteiger partial charge in [-0.05, 0) is 24.1 Å². The first-order valence-electron chi connectivity index (χ1n) is 9.59. The van der Waals surface area contributed by atoms with Crippen molar-refractivity contribution < 1.29 is 39.1 Å². The average molecular weight is 418 g/mol. The molecule has 1 fully saturated rings. The van der Waals surface area contributed by atoms with Gasteiger partial charge in [-0.1, -0.05) is 48.0 Å². The molecule has 1 aliphatic rings. The molecule has 0 amide bonds. The standard InChI is InChI=1S/C22H26O8/c1-13-7-9-14(10-8-13)11-15-5-3-4-6-16(15)29-21-20(25)19(24)18(23)17(30-21)12-28-22(26)27-2/h3-10,17-21,23-25H,11-12H2,1-2H3/t17-,18-,19+,20-,21+/m1/s1. The van der Waals surface area contributed by atoms with Crippen LogP contribution in [0.4, 0.5) is 4.79 Å². The Morgan fingerprint density at radius 3 is 2.40 bits per heavy atom. The monoisotopic (exact) mass is 418 g/mol. The third-order valence-corrected chi connectivity index (χ3v) is 4.93. The zero-order valence-corrected chi connectivity index (χ0v) is 16.8. The molecule has 0 spiro atoms. The Balaban J connectivity index is 1.74. The molecule has 8 nitrogen and oxygen atoms in total. The molecule has 0 unspecified atom stereocenters. The minimum Gasteiger partial charge on any atom is -0.462 e. The van der Waals surface area contributed by atoms with Crippen LogP contribution in [0.2, 0.25) is 0 Å². The number of benzene rings is 2. The van der Waals surface area contributed by atoms with Gasteiger partial charge in [0.15, 0.2) is 0 Å². The van der Waals surface area contributed by atoms with Gasteiger partial charge in [0.05, 0.1) is 7.11 Å². The summed E-state index contributed by atoms with van der Waals surface area (Å²) in [4.78, 5) is 11.2. The SMILES string of the molecule is COC(=O)OC[C@H]1O[C@H](Oc2ccccc2Cc2ccc(C)cc2)[C@H](O)[C@@H](O)[C@@H]1O. The van der Waals surface area contributed by atoms with Crippen molar-refractivity contribution in [2.24, 2.45) is 0 Å². The van der Waals surface area contributed by atoms with E-state index in [0.717, 1.165) is 23.8 Å². The number of rotatable bonds is 6. The van der Waals surface area contributed by atoms with Crippen LogP contribution < -0.4 is 4.74 Å². The molecule has 8 heteroatoms. The summed E-state index contributed by atoms with van der Waals surface area (Å²) < 4.78 is 20.6. The summed E-state index contributed by atoms with van der Waals surface area (Å²) in [7, 11) is 1.15. The summed E-state index contributed by atoms with van der Waals surface area (Å²) in [5.41, 5.74) is 3.11. The number of para-hydroxylation sites is 1. The molecule has 2 aromatic carbocycles. The van der Waals surface area contributed by atoms with Crippen LogP contribution in [0.1, 0.15) is 16.7 Å². The molecular weight excluding hydrogens is 392 g/mol. The van der Waals surface area contributed by atoms with Crippen LogP contribution in [0, 0.1) is 6.92 Å². The van der Waals surface area contributed by atoms with E-state index in [1.54, 1.807) is 12.1 Å². The molecule has 0 bridgehead atoms. The van der Waals surface area contributed by atoms with Gasteiger partial charge in [0.25, 0.3) is 0 Å². The molecule has 0 aromatic heterocycles. The Hall–Kier alpha value is -2.65. The Kier molecular flexibility index (Phi) is 7.28. The molecular formula is C22H26O8. The lowest BCUT2D eigenvalue weighted by molar-refractivity contribution is -0.277. The number of carbonyl (C=O) groups excluding carboxylic acids is 1. The van der Waals surface area contributed by atoms with Crippen molar-refractivity contribution in [3.05, 3.63) is 65.2 Å². The lowest BCUT2D eigenvalue weighted by atomic mass is 9.99. The maximum absolute atomic E-state index is 11.2. The second kappa shape index (κ2) is 9.90. The highest BCUT2D eigenvalue weighted by atomic mass is 16.7. The van der Waals surface area contributed by atoms with Crippen LogP contribution in [0.25, 0.3) is 0 Å². The zero-order chi connectivity index (χ0) is 21.7. The minimum absolute atomic E-state index is 0.373. The fraction of sp³-hybridized carbons (Fsp3) is 0.409. The van der Waals surface area contributed by atoms with Crippen LogP contribution in [0.15, 0.2) is 48.5 Å². The molecule has 1 heterocycles. The number of aliphatic hydroxyl groups is 3. The van der Waals surface area contributed by atoms with E-state index in [1.807, 2.05) is 43.3 Å². The van der Waals surface area contributed by atoms with Gasteiger partial charge in [-0.15, -0.1) is 0 Å². The third kappa shape index (κ3) is 5.28. The van der Waals surface area contributed by atoms with E-state index in [1.165, 1.54) is 0 Å². The minimum atomic E-state index is -1.54. The van der Waals surface area contributed by atoms with Gasteiger partial charge in [0, 0.05) is 6.42 Å². The lowest BCUT2D eigenvalue weighted by Gasteiger charge is -2.40. The first-order valence-corrected chi connectivity index (χ1v) is 9.59. The molecule has 3 N–H and O–H groups in total. The zero-order valence-electron chi connectivity index (χ0n) is 16.8. The number of aryl methyl sites for hydroxylation is 1. The smallest absolute Gasteiger partial charge is 0.462 e. The molecule has 1 saturated heterocycles. The highest BCUT2D eigenvalue weighted by Gasteiger charge is 2.45. The van der Waals surface area contributed by atoms with E-state index >= 15 is 0 Å². The van der Waals surface area contributed by atoms with E-state index in [9.17, 15) is 20.1 Å². The summed E-state index contributed by atoms with van der Waals surface area (Å²) >= 11 is 0. The van der Waals surface area contributed by atoms with Crippen LogP contribution in [-0.4, -0.2) is 65.9 Å². The van der Waals surface area contributed by atoms with Gasteiger partial charge >= 0.3 is 6.16 Å². The molecule has 162 valence electrons. The molecule has 0 radical (unpaired) electrons. The van der Waals surface area contributed by atoms with Crippen molar-refractivity contribution in [1.29, 1.82) is 0 Å². The fourth-order valence-electron chi connectivity index (χ4n) is 3.18. The number of ether oxygens (including phenoxy) is 4. The molecule has 5 atom stereocenters. The first kappa shape index (κ1) is 22.0. The van der Waals surface area contributed by atoms with E-state index in [4.69, 9.17) is 14.2 Å². The topological polar surface area (TPSA) is 115 Å². The van der Waals surface area contributed by atoms with Crippen molar-refractivity contribution >= 4 is 6.16 Å². The van der Waals surface area contributed by atoms with Gasteiger partial charge in [-0.3, -0.25) is 0 Å². The molecule has 0 aliphatic carbocycles. The van der Waals surface area contributed by atoms with Crippen molar-refractivity contribution in [2.75, 3.05) is 13.7 Å². The van der Waals surface area contributed by atoms with E-state index in [0.29, 0.717) is 12.2 Å². The van der Waals surface area contributed by atoms with Crippen LogP contribution in [0.5, 0.6) is 5.75 Å². The van der Waals surface area contributed by atoms with E-state index in [2.05, 4.69) is 4.74 Å². The van der Waals surface area contributed by atoms with Crippen molar-refractivity contribution in [3.63, 3.8) is 0 Å². The molecule has 0 saturated carbocycles. The number of aliphatic hydroxyl groups excluding tert-OH is 3. The van der Waals surface area contributed by atoms with Crippen LogP contribution in [0.3, 0.4) is 0 Å². The summed E-state index contributed by atoms with van der Waals surface area (Å²) in [5, 5.41) is 30.6. The molecule has 30 heavy (non-hydrogen) atoms. The summed E-state index contributed by atoms with van der Waals surface area (Å²) in [6.07, 6.45) is -7.23. The predicted molar refractivity (Wildman–Crippen MR) is 106 cm³/mol. The van der Waals surface area contributed by atoms with Crippen LogP contribution in [-0.2, 0) is 20.6 Å². The van der Waals surface area contributed by atoms with E-state index < -0.39 is 36.9 Å². The van der Waals surface area contributed by atoms with Gasteiger partial charge in [-0.25, -0.2) is 4.79 Å². The maximum Gasteiger partial charge on any atom is 0.508 e. The van der Waals surface area contributed by atoms with Gasteiger partial charge < -0.3 is 34.3 Å². The van der Waals surface area contributed by atoms with Gasteiger partial charge in [-0.2, -0.15) is 0 Å². The van der Waals surface area contributed by atoms with Crippen molar-refractivity contribution in [1.82, 2.24) is 0 Å². The van der Waals surface area contributed by atoms with E-state index in [-0.39, 0.29) is 6.61 Å². The van der Waals surface area contributed by atoms with Gasteiger partial charge in [0.1, 0.15) is 36.8 Å². The lowest BCUT2D eigenvalue weighted by Crippen LogP contribution is -2.60. The Labute approximate surface area is 174 Å². The number of methoxy groups -OCH3 is 1. The molecule has 1 aliphatic heterocycles. The summed E-state index contributed by atoms with van der Waals surface area (Å²) in [6.45, 7) is 1.64. The quantitative estimate of drug-likeness (QED) is 0.606. The predicted octanol–water partition coefficient (Wildman–Crippen LogP) is 1.56. The third-order valence-electron chi connectivity index (χ3n) is 4.93. The number of hydrogen-bond donors (Lipinski definition) is 3. The van der Waals surface area contributed by atoms with Crippen LogP contribution >= 0.6 is 0 Å². The normalized spacial score (nSPS) is 26.1. The highest BCUT2D eigenvalue weighted by molar-refractivity contribution is 5.59. The molecule has 3 rings (SSSR count). The number of hydrogen-bond acceptors (Lipinski definition) is 8. The summed E-state index contributed by atoms with van der Waals surface area (Å²) in [6, 6.07) is 15.4. The molecule has 2 aromatic rings. The first-order chi connectivity index (χ1) is 14.4. The van der Waals surface area contributed by atoms with Gasteiger partial charge in [0.2, 0.25) is 6.29 Å². The largest absolute Gasteiger partial charge is 0.508 e. The number of carbonyl (C=O) groups is 1. The van der Waals surface area contributed by atoms with Crippen molar-refractivity contribution in [2.45, 2.75) is 44.1 Å². The summed E-state index contributed by atoms with van der Waals surface area (Å²) in [5.74, 6) is 0.471. The Morgan fingerprint density at radius 1 is 1.00 bits per heavy atom. The highest BCUT2D eigenvalue weighted by Crippen LogP contribution is 2.28.